The molecule has 0 spiro atoms. The highest BCUT2D eigenvalue weighted by Gasteiger charge is 2.28. The van der Waals surface area contributed by atoms with Gasteiger partial charge in [0.15, 0.2) is 6.61 Å². The fraction of sp³-hybridized carbons (Fsp3) is 0.462. The van der Waals surface area contributed by atoms with Gasteiger partial charge in [0.1, 0.15) is 19.0 Å². The van der Waals surface area contributed by atoms with Gasteiger partial charge in [-0.2, -0.15) is 26.3 Å². The zero-order valence-corrected chi connectivity index (χ0v) is 11.6. The highest BCUT2D eigenvalue weighted by Crippen LogP contribution is 2.18. The molecule has 0 heterocycles. The number of nitrogens with one attached hydrogen (secondary N) is 1. The maximum atomic E-state index is 12.0. The first-order valence-electron chi connectivity index (χ1n) is 6.25. The molecule has 0 unspecified atom stereocenters. The summed E-state index contributed by atoms with van der Waals surface area (Å²) < 4.78 is 79.9. The van der Waals surface area contributed by atoms with Gasteiger partial charge in [0, 0.05) is 6.54 Å². The van der Waals surface area contributed by atoms with Crippen molar-refractivity contribution in [1.29, 1.82) is 0 Å². The predicted molar refractivity (Wildman–Crippen MR) is 66.7 cm³/mol. The minimum Gasteiger partial charge on any atom is -0.484 e. The van der Waals surface area contributed by atoms with Crippen LogP contribution in [0.2, 0.25) is 0 Å². The van der Waals surface area contributed by atoms with Crippen molar-refractivity contribution in [1.82, 2.24) is 5.32 Å². The Morgan fingerprint density at radius 2 is 1.52 bits per heavy atom. The van der Waals surface area contributed by atoms with Gasteiger partial charge in [0.2, 0.25) is 5.91 Å². The molecule has 23 heavy (non-hydrogen) atoms. The summed E-state index contributed by atoms with van der Waals surface area (Å²) in [6, 6.07) is 5.41. The maximum absolute atomic E-state index is 12.0. The van der Waals surface area contributed by atoms with E-state index in [0.29, 0.717) is 5.56 Å². The molecule has 130 valence electrons. The first-order valence-corrected chi connectivity index (χ1v) is 6.25. The lowest BCUT2D eigenvalue weighted by molar-refractivity contribution is -0.175. The summed E-state index contributed by atoms with van der Waals surface area (Å²) >= 11 is 0. The lowest BCUT2D eigenvalue weighted by atomic mass is 10.2. The van der Waals surface area contributed by atoms with Crippen LogP contribution >= 0.6 is 0 Å². The highest BCUT2D eigenvalue weighted by molar-refractivity contribution is 5.77. The lowest BCUT2D eigenvalue weighted by Gasteiger charge is -2.10. The van der Waals surface area contributed by atoms with Gasteiger partial charge < -0.3 is 14.8 Å². The van der Waals surface area contributed by atoms with E-state index in [9.17, 15) is 31.1 Å². The SMILES string of the molecule is O=C(COCC(F)(F)F)NCc1ccc(OCC(F)(F)F)cc1. The van der Waals surface area contributed by atoms with Gasteiger partial charge in [-0.25, -0.2) is 0 Å². The summed E-state index contributed by atoms with van der Waals surface area (Å²) in [4.78, 5) is 11.2. The van der Waals surface area contributed by atoms with Gasteiger partial charge in [0.25, 0.3) is 0 Å². The van der Waals surface area contributed by atoms with Crippen LogP contribution in [0.25, 0.3) is 0 Å². The quantitative estimate of drug-likeness (QED) is 0.773. The minimum atomic E-state index is -4.51. The van der Waals surface area contributed by atoms with Crippen molar-refractivity contribution in [3.8, 4) is 5.75 Å². The molecular weight excluding hydrogens is 332 g/mol. The Balaban J connectivity index is 2.31. The normalized spacial score (nSPS) is 12.1. The van der Waals surface area contributed by atoms with Crippen LogP contribution in [0.1, 0.15) is 5.56 Å². The molecule has 0 saturated heterocycles. The summed E-state index contributed by atoms with van der Waals surface area (Å²) in [6.07, 6.45) is -8.95. The summed E-state index contributed by atoms with van der Waals surface area (Å²) in [5, 5.41) is 2.31. The van der Waals surface area contributed by atoms with E-state index in [0.717, 1.165) is 0 Å². The predicted octanol–water partition coefficient (Wildman–Crippen LogP) is 2.82. The van der Waals surface area contributed by atoms with Crippen molar-refractivity contribution in [2.75, 3.05) is 19.8 Å². The van der Waals surface area contributed by atoms with Crippen LogP contribution in [-0.2, 0) is 16.1 Å². The molecule has 1 aromatic rings. The van der Waals surface area contributed by atoms with Crippen LogP contribution in [0.15, 0.2) is 24.3 Å². The molecule has 1 aromatic carbocycles. The van der Waals surface area contributed by atoms with Crippen molar-refractivity contribution in [3.05, 3.63) is 29.8 Å². The third-order valence-corrected chi connectivity index (χ3v) is 2.31. The number of carbonyl (C=O) groups excluding carboxylic acids is 1. The van der Waals surface area contributed by atoms with Gasteiger partial charge in [0.05, 0.1) is 0 Å². The molecule has 0 aliphatic rings. The molecule has 1 N–H and O–H groups in total. The first-order chi connectivity index (χ1) is 10.6. The van der Waals surface area contributed by atoms with Crippen molar-refractivity contribution in [2.45, 2.75) is 18.9 Å². The number of alkyl halides is 6. The van der Waals surface area contributed by atoms with E-state index in [1.165, 1.54) is 24.3 Å². The maximum Gasteiger partial charge on any atom is 0.422 e. The van der Waals surface area contributed by atoms with E-state index >= 15 is 0 Å². The Bertz CT molecular complexity index is 498. The molecule has 0 saturated carbocycles. The molecule has 10 heteroatoms. The van der Waals surface area contributed by atoms with Gasteiger partial charge in [-0.1, -0.05) is 12.1 Å². The Morgan fingerprint density at radius 1 is 0.957 bits per heavy atom. The average molecular weight is 345 g/mol. The number of rotatable bonds is 7. The number of hydrogen-bond donors (Lipinski definition) is 1. The number of halogens is 6. The molecular formula is C13H13F6NO3. The van der Waals surface area contributed by atoms with Crippen LogP contribution < -0.4 is 10.1 Å². The second-order valence-corrected chi connectivity index (χ2v) is 4.43. The molecule has 0 aliphatic carbocycles. The van der Waals surface area contributed by atoms with E-state index in [-0.39, 0.29) is 12.3 Å². The van der Waals surface area contributed by atoms with Crippen molar-refractivity contribution < 1.29 is 40.6 Å². The Labute approximate surface area is 127 Å². The van der Waals surface area contributed by atoms with E-state index in [2.05, 4.69) is 14.8 Å². The zero-order valence-electron chi connectivity index (χ0n) is 11.6. The molecule has 4 nitrogen and oxygen atoms in total. The zero-order chi connectivity index (χ0) is 17.5. The van der Waals surface area contributed by atoms with E-state index in [1.807, 2.05) is 0 Å². The number of benzene rings is 1. The van der Waals surface area contributed by atoms with Crippen molar-refractivity contribution >= 4 is 5.91 Å². The molecule has 0 aromatic heterocycles. The first kappa shape index (κ1) is 19.1. The summed E-state index contributed by atoms with van der Waals surface area (Å²) in [7, 11) is 0. The van der Waals surface area contributed by atoms with Crippen LogP contribution in [-0.4, -0.2) is 38.1 Å². The third-order valence-electron chi connectivity index (χ3n) is 2.31. The van der Waals surface area contributed by atoms with Crippen LogP contribution in [0.5, 0.6) is 5.75 Å². The van der Waals surface area contributed by atoms with E-state index in [4.69, 9.17) is 0 Å². The Hall–Kier alpha value is -1.97. The molecule has 0 bridgehead atoms. The summed E-state index contributed by atoms with van der Waals surface area (Å²) in [6.45, 7) is -3.69. The highest BCUT2D eigenvalue weighted by atomic mass is 19.4. The van der Waals surface area contributed by atoms with E-state index < -0.39 is 38.1 Å². The van der Waals surface area contributed by atoms with Crippen LogP contribution in [0, 0.1) is 0 Å². The third kappa shape index (κ3) is 9.61. The summed E-state index contributed by atoms with van der Waals surface area (Å²) in [5.41, 5.74) is 0.536. The number of amides is 1. The minimum absolute atomic E-state index is 0.00547. The monoisotopic (exact) mass is 345 g/mol. The molecule has 1 rings (SSSR count). The largest absolute Gasteiger partial charge is 0.484 e. The molecule has 0 radical (unpaired) electrons. The second-order valence-electron chi connectivity index (χ2n) is 4.43. The molecule has 1 amide bonds. The van der Waals surface area contributed by atoms with Gasteiger partial charge in [-0.15, -0.1) is 0 Å². The van der Waals surface area contributed by atoms with Gasteiger partial charge in [-0.05, 0) is 17.7 Å². The number of ether oxygens (including phenoxy) is 2. The standard InChI is InChI=1S/C13H13F6NO3/c14-12(15,16)7-22-6-11(21)20-5-9-1-3-10(4-2-9)23-8-13(17,18)19/h1-4H,5-8H2,(H,20,21). The van der Waals surface area contributed by atoms with Crippen molar-refractivity contribution in [2.24, 2.45) is 0 Å². The lowest BCUT2D eigenvalue weighted by Crippen LogP contribution is -2.29. The van der Waals surface area contributed by atoms with E-state index in [1.54, 1.807) is 0 Å². The van der Waals surface area contributed by atoms with Crippen LogP contribution in [0.3, 0.4) is 0 Å². The number of carbonyl (C=O) groups is 1. The topological polar surface area (TPSA) is 47.6 Å². The second kappa shape index (κ2) is 8.04. The Morgan fingerprint density at radius 3 is 2.04 bits per heavy atom. The fourth-order valence-electron chi connectivity index (χ4n) is 1.38. The average Bonchev–Trinajstić information content (AvgIpc) is 2.42. The van der Waals surface area contributed by atoms with Gasteiger partial charge >= 0.3 is 12.4 Å². The number of hydrogen-bond acceptors (Lipinski definition) is 3. The van der Waals surface area contributed by atoms with Gasteiger partial charge in [-0.3, -0.25) is 4.79 Å². The summed E-state index contributed by atoms with van der Waals surface area (Å²) in [5.74, 6) is -0.738. The molecule has 0 atom stereocenters. The van der Waals surface area contributed by atoms with Crippen molar-refractivity contribution in [3.63, 3.8) is 0 Å². The smallest absolute Gasteiger partial charge is 0.422 e. The molecule has 0 fully saturated rings. The Kier molecular flexibility index (Phi) is 6.67. The van der Waals surface area contributed by atoms with Crippen LogP contribution in [0.4, 0.5) is 26.3 Å². The fourth-order valence-corrected chi connectivity index (χ4v) is 1.38. The molecule has 0 aliphatic heterocycles.